The van der Waals surface area contributed by atoms with Crippen molar-refractivity contribution in [3.63, 3.8) is 0 Å². The predicted octanol–water partition coefficient (Wildman–Crippen LogP) is 5.21. The number of hydrogen-bond acceptors (Lipinski definition) is 2. The fourth-order valence-corrected chi connectivity index (χ4v) is 2.78. The third-order valence-electron chi connectivity index (χ3n) is 3.11. The number of carbonyl (C=O) groups is 1. The van der Waals surface area contributed by atoms with Gasteiger partial charge in [-0.15, -0.1) is 11.8 Å². The zero-order chi connectivity index (χ0) is 15.4. The molecule has 0 fully saturated rings. The summed E-state index contributed by atoms with van der Waals surface area (Å²) in [4.78, 5) is 13.4. The number of hydrogen-bond donors (Lipinski definition) is 1. The van der Waals surface area contributed by atoms with Crippen molar-refractivity contribution in [3.8, 4) is 0 Å². The summed E-state index contributed by atoms with van der Waals surface area (Å²) >= 11 is 13.7. The van der Waals surface area contributed by atoms with Gasteiger partial charge in [-0.2, -0.15) is 0 Å². The lowest BCUT2D eigenvalue weighted by Crippen LogP contribution is -2.26. The van der Waals surface area contributed by atoms with Crippen LogP contribution in [0.2, 0.25) is 10.0 Å². The first-order valence-corrected chi connectivity index (χ1v) is 8.39. The van der Waals surface area contributed by atoms with E-state index in [4.69, 9.17) is 23.2 Å². The molecule has 0 aromatic heterocycles. The van der Waals surface area contributed by atoms with Gasteiger partial charge in [0.05, 0.1) is 16.6 Å². The SMILES string of the molecule is CSc1ccc(Cl)c(C(=O)NC(C)c2cccc(Cl)c2)c1. The van der Waals surface area contributed by atoms with E-state index in [9.17, 15) is 4.79 Å². The van der Waals surface area contributed by atoms with Crippen LogP contribution in [-0.4, -0.2) is 12.2 Å². The Labute approximate surface area is 138 Å². The maximum absolute atomic E-state index is 12.4. The van der Waals surface area contributed by atoms with Crippen molar-refractivity contribution in [2.24, 2.45) is 0 Å². The highest BCUT2D eigenvalue weighted by molar-refractivity contribution is 7.98. The van der Waals surface area contributed by atoms with Crippen LogP contribution in [0.1, 0.15) is 28.9 Å². The fraction of sp³-hybridized carbons (Fsp3) is 0.188. The number of benzene rings is 2. The Balaban J connectivity index is 2.18. The lowest BCUT2D eigenvalue weighted by molar-refractivity contribution is 0.0940. The van der Waals surface area contributed by atoms with E-state index in [-0.39, 0.29) is 11.9 Å². The topological polar surface area (TPSA) is 29.1 Å². The molecule has 0 aliphatic rings. The molecule has 0 heterocycles. The standard InChI is InChI=1S/C16H15Cl2NOS/c1-10(11-4-3-5-12(17)8-11)19-16(20)14-9-13(21-2)6-7-15(14)18/h3-10H,1-2H3,(H,19,20). The zero-order valence-corrected chi connectivity index (χ0v) is 14.0. The molecule has 5 heteroatoms. The summed E-state index contributed by atoms with van der Waals surface area (Å²) in [6.07, 6.45) is 1.96. The fourth-order valence-electron chi connectivity index (χ4n) is 1.94. The van der Waals surface area contributed by atoms with Gasteiger partial charge in [-0.1, -0.05) is 35.3 Å². The quantitative estimate of drug-likeness (QED) is 0.775. The highest BCUT2D eigenvalue weighted by Crippen LogP contribution is 2.24. The number of carbonyl (C=O) groups excluding carboxylic acids is 1. The lowest BCUT2D eigenvalue weighted by Gasteiger charge is -2.15. The van der Waals surface area contributed by atoms with Crippen LogP contribution in [0.4, 0.5) is 0 Å². The molecule has 1 amide bonds. The molecule has 0 aliphatic heterocycles. The first-order chi connectivity index (χ1) is 10.0. The van der Waals surface area contributed by atoms with Gasteiger partial charge in [0.25, 0.3) is 5.91 Å². The Morgan fingerprint density at radius 1 is 1.19 bits per heavy atom. The van der Waals surface area contributed by atoms with E-state index >= 15 is 0 Å². The van der Waals surface area contributed by atoms with Gasteiger partial charge in [0.2, 0.25) is 0 Å². The zero-order valence-electron chi connectivity index (χ0n) is 11.7. The van der Waals surface area contributed by atoms with Gasteiger partial charge in [-0.05, 0) is 49.1 Å². The normalized spacial score (nSPS) is 12.0. The van der Waals surface area contributed by atoms with Gasteiger partial charge in [-0.25, -0.2) is 0 Å². The predicted molar refractivity (Wildman–Crippen MR) is 90.6 cm³/mol. The largest absolute Gasteiger partial charge is 0.345 e. The van der Waals surface area contributed by atoms with E-state index in [0.29, 0.717) is 15.6 Å². The van der Waals surface area contributed by atoms with Crippen LogP contribution in [0.5, 0.6) is 0 Å². The summed E-state index contributed by atoms with van der Waals surface area (Å²) in [7, 11) is 0. The van der Waals surface area contributed by atoms with E-state index in [1.807, 2.05) is 37.4 Å². The van der Waals surface area contributed by atoms with Crippen molar-refractivity contribution >= 4 is 40.9 Å². The molecule has 2 aromatic carbocycles. The summed E-state index contributed by atoms with van der Waals surface area (Å²) in [6.45, 7) is 1.91. The second-order valence-electron chi connectivity index (χ2n) is 4.60. The van der Waals surface area contributed by atoms with Crippen LogP contribution >= 0.6 is 35.0 Å². The van der Waals surface area contributed by atoms with Crippen molar-refractivity contribution in [3.05, 3.63) is 63.6 Å². The van der Waals surface area contributed by atoms with E-state index in [1.54, 1.807) is 30.0 Å². The molecule has 1 N–H and O–H groups in total. The Bertz CT molecular complexity index is 660. The molecule has 0 radical (unpaired) electrons. The van der Waals surface area contributed by atoms with Crippen molar-refractivity contribution < 1.29 is 4.79 Å². The molecular formula is C16H15Cl2NOS. The van der Waals surface area contributed by atoms with Gasteiger partial charge >= 0.3 is 0 Å². The maximum Gasteiger partial charge on any atom is 0.253 e. The summed E-state index contributed by atoms with van der Waals surface area (Å²) in [6, 6.07) is 12.7. The van der Waals surface area contributed by atoms with E-state index < -0.39 is 0 Å². The second-order valence-corrected chi connectivity index (χ2v) is 6.32. The van der Waals surface area contributed by atoms with Crippen LogP contribution < -0.4 is 5.32 Å². The van der Waals surface area contributed by atoms with Crippen LogP contribution in [0.15, 0.2) is 47.4 Å². The number of rotatable bonds is 4. The van der Waals surface area contributed by atoms with Crippen LogP contribution in [0.3, 0.4) is 0 Å². The maximum atomic E-state index is 12.4. The van der Waals surface area contributed by atoms with Gasteiger partial charge in [0.1, 0.15) is 0 Å². The molecule has 1 unspecified atom stereocenters. The smallest absolute Gasteiger partial charge is 0.253 e. The summed E-state index contributed by atoms with van der Waals surface area (Å²) in [5.41, 5.74) is 1.44. The number of halogens is 2. The molecule has 21 heavy (non-hydrogen) atoms. The molecule has 0 aliphatic carbocycles. The highest BCUT2D eigenvalue weighted by Gasteiger charge is 2.15. The molecule has 0 saturated heterocycles. The van der Waals surface area contributed by atoms with Gasteiger partial charge in [0, 0.05) is 9.92 Å². The number of nitrogens with one attached hydrogen (secondary N) is 1. The third kappa shape index (κ3) is 4.16. The average Bonchev–Trinajstić information content (AvgIpc) is 2.47. The van der Waals surface area contributed by atoms with Crippen LogP contribution in [0, 0.1) is 0 Å². The Hall–Kier alpha value is -1.16. The summed E-state index contributed by atoms with van der Waals surface area (Å²) < 4.78 is 0. The van der Waals surface area contributed by atoms with Gasteiger partial charge in [0.15, 0.2) is 0 Å². The molecule has 2 rings (SSSR count). The van der Waals surface area contributed by atoms with Crippen LogP contribution in [-0.2, 0) is 0 Å². The molecule has 0 saturated carbocycles. The monoisotopic (exact) mass is 339 g/mol. The minimum Gasteiger partial charge on any atom is -0.345 e. The molecule has 0 spiro atoms. The van der Waals surface area contributed by atoms with Crippen molar-refractivity contribution in [1.29, 1.82) is 0 Å². The summed E-state index contributed by atoms with van der Waals surface area (Å²) in [5.74, 6) is -0.191. The van der Waals surface area contributed by atoms with Gasteiger partial charge < -0.3 is 5.32 Å². The lowest BCUT2D eigenvalue weighted by atomic mass is 10.1. The summed E-state index contributed by atoms with van der Waals surface area (Å²) in [5, 5.41) is 4.04. The Morgan fingerprint density at radius 2 is 1.95 bits per heavy atom. The minimum atomic E-state index is -0.191. The first kappa shape index (κ1) is 16.2. The molecule has 2 aromatic rings. The van der Waals surface area contributed by atoms with E-state index in [2.05, 4.69) is 5.32 Å². The highest BCUT2D eigenvalue weighted by atomic mass is 35.5. The third-order valence-corrected chi connectivity index (χ3v) is 4.40. The molecule has 110 valence electrons. The molecular weight excluding hydrogens is 325 g/mol. The minimum absolute atomic E-state index is 0.148. The Morgan fingerprint density at radius 3 is 2.62 bits per heavy atom. The molecule has 2 nitrogen and oxygen atoms in total. The molecule has 0 bridgehead atoms. The van der Waals surface area contributed by atoms with E-state index in [1.165, 1.54) is 0 Å². The first-order valence-electron chi connectivity index (χ1n) is 6.41. The number of amides is 1. The van der Waals surface area contributed by atoms with Crippen LogP contribution in [0.25, 0.3) is 0 Å². The van der Waals surface area contributed by atoms with E-state index in [0.717, 1.165) is 10.5 Å². The Kier molecular flexibility index (Phi) is 5.57. The number of thioether (sulfide) groups is 1. The van der Waals surface area contributed by atoms with Gasteiger partial charge in [-0.3, -0.25) is 4.79 Å². The van der Waals surface area contributed by atoms with Crippen molar-refractivity contribution in [2.75, 3.05) is 6.26 Å². The van der Waals surface area contributed by atoms with Crippen molar-refractivity contribution in [1.82, 2.24) is 5.32 Å². The molecule has 1 atom stereocenters. The van der Waals surface area contributed by atoms with Crippen molar-refractivity contribution in [2.45, 2.75) is 17.9 Å². The average molecular weight is 340 g/mol. The second kappa shape index (κ2) is 7.21.